The summed E-state index contributed by atoms with van der Waals surface area (Å²) in [5.41, 5.74) is 0.102. The van der Waals surface area contributed by atoms with Crippen LogP contribution < -0.4 is 15.8 Å². The van der Waals surface area contributed by atoms with Gasteiger partial charge in [0.05, 0.1) is 16.6 Å². The van der Waals surface area contributed by atoms with Crippen LogP contribution in [-0.2, 0) is 4.79 Å². The van der Waals surface area contributed by atoms with Crippen LogP contribution in [0.5, 0.6) is 0 Å². The summed E-state index contributed by atoms with van der Waals surface area (Å²) in [6, 6.07) is 7.47. The van der Waals surface area contributed by atoms with E-state index in [2.05, 4.69) is 22.2 Å². The molecule has 3 heterocycles. The maximum Gasteiger partial charge on any atom is 0.269 e. The zero-order valence-electron chi connectivity index (χ0n) is 16.3. The minimum absolute atomic E-state index is 0.116. The molecule has 1 amide bonds. The minimum Gasteiger partial charge on any atom is -0.342 e. The molecule has 3 atom stereocenters. The van der Waals surface area contributed by atoms with Crippen molar-refractivity contribution in [3.05, 3.63) is 55.9 Å². The van der Waals surface area contributed by atoms with Crippen molar-refractivity contribution >= 4 is 23.4 Å². The van der Waals surface area contributed by atoms with Gasteiger partial charge in [0.1, 0.15) is 11.7 Å². The number of aromatic amines is 1. The summed E-state index contributed by atoms with van der Waals surface area (Å²) in [5.74, 6) is -1.59. The molecule has 0 bridgehead atoms. The van der Waals surface area contributed by atoms with Crippen molar-refractivity contribution in [3.63, 3.8) is 0 Å². The number of H-pyrrole nitrogens is 1. The summed E-state index contributed by atoms with van der Waals surface area (Å²) in [4.78, 5) is 45.3. The van der Waals surface area contributed by atoms with Crippen molar-refractivity contribution in [1.82, 2.24) is 9.97 Å². The zero-order valence-corrected chi connectivity index (χ0v) is 16.3. The molecule has 0 radical (unpaired) electrons. The zero-order chi connectivity index (χ0) is 21.4. The normalized spacial score (nSPS) is 23.3. The summed E-state index contributed by atoms with van der Waals surface area (Å²) in [7, 11) is 0. The first-order valence-electron chi connectivity index (χ1n) is 9.73. The lowest BCUT2D eigenvalue weighted by Crippen LogP contribution is -2.41. The molecule has 4 rings (SSSR count). The quantitative estimate of drug-likeness (QED) is 0.584. The topological polar surface area (TPSA) is 145 Å². The number of nitro groups is 1. The predicted octanol–water partition coefficient (Wildman–Crippen LogP) is 2.14. The number of nitro benzene ring substituents is 1. The average molecular weight is 408 g/mol. The second-order valence-electron chi connectivity index (χ2n) is 7.77. The van der Waals surface area contributed by atoms with Crippen LogP contribution in [0.3, 0.4) is 0 Å². The monoisotopic (exact) mass is 408 g/mol. The Morgan fingerprint density at radius 1 is 1.30 bits per heavy atom. The van der Waals surface area contributed by atoms with Gasteiger partial charge in [-0.1, -0.05) is 19.1 Å². The number of hydrogen-bond acceptors (Lipinski definition) is 7. The van der Waals surface area contributed by atoms with E-state index in [4.69, 9.17) is 0 Å². The van der Waals surface area contributed by atoms with E-state index in [0.29, 0.717) is 17.4 Å². The molecular weight excluding hydrogens is 388 g/mol. The van der Waals surface area contributed by atoms with Gasteiger partial charge in [0.2, 0.25) is 11.9 Å². The van der Waals surface area contributed by atoms with Gasteiger partial charge in [0, 0.05) is 31.1 Å². The van der Waals surface area contributed by atoms with Gasteiger partial charge in [-0.2, -0.15) is 10.2 Å². The van der Waals surface area contributed by atoms with E-state index in [-0.39, 0.29) is 17.1 Å². The molecule has 0 aliphatic carbocycles. The number of amides is 1. The van der Waals surface area contributed by atoms with Gasteiger partial charge in [0.15, 0.2) is 0 Å². The Morgan fingerprint density at radius 2 is 2.03 bits per heavy atom. The number of nitrogens with zero attached hydrogens (tertiary/aromatic N) is 4. The standard InChI is InChI=1S/C20H20N6O4/c1-11-3-2-8-25(10-11)20-23-17-16(19(28)24-20)15(14(9-21)18(27)22-17)12-4-6-13(7-5-12)26(29)30/h4-7,11,14-15H,2-3,8,10H2,1H3,(H2,22,23,24,27,28). The van der Waals surface area contributed by atoms with Crippen LogP contribution in [0.2, 0.25) is 0 Å². The lowest BCUT2D eigenvalue weighted by molar-refractivity contribution is -0.384. The van der Waals surface area contributed by atoms with E-state index in [9.17, 15) is 25.0 Å². The molecule has 1 fully saturated rings. The fourth-order valence-electron chi connectivity index (χ4n) is 4.19. The summed E-state index contributed by atoms with van der Waals surface area (Å²) in [6.45, 7) is 3.64. The third kappa shape index (κ3) is 3.39. The Balaban J connectivity index is 1.80. The number of piperidine rings is 1. The molecule has 0 spiro atoms. The highest BCUT2D eigenvalue weighted by Crippen LogP contribution is 2.38. The van der Waals surface area contributed by atoms with Crippen molar-refractivity contribution in [2.45, 2.75) is 25.7 Å². The van der Waals surface area contributed by atoms with Gasteiger partial charge in [-0.05, 0) is 24.3 Å². The molecule has 2 aliphatic rings. The summed E-state index contributed by atoms with van der Waals surface area (Å²) in [5, 5.41) is 23.1. The number of fused-ring (bicyclic) bond motifs is 1. The second-order valence-corrected chi connectivity index (χ2v) is 7.77. The van der Waals surface area contributed by atoms with Crippen molar-refractivity contribution in [2.75, 3.05) is 23.3 Å². The molecule has 30 heavy (non-hydrogen) atoms. The fourth-order valence-corrected chi connectivity index (χ4v) is 4.19. The van der Waals surface area contributed by atoms with Crippen LogP contribution in [0.1, 0.15) is 36.8 Å². The lowest BCUT2D eigenvalue weighted by Gasteiger charge is -2.33. The Kier molecular flexibility index (Phi) is 4.95. The van der Waals surface area contributed by atoms with Gasteiger partial charge >= 0.3 is 0 Å². The van der Waals surface area contributed by atoms with Crippen LogP contribution >= 0.6 is 0 Å². The summed E-state index contributed by atoms with van der Waals surface area (Å²) in [6.07, 6.45) is 2.09. The van der Waals surface area contributed by atoms with E-state index in [1.165, 1.54) is 24.3 Å². The van der Waals surface area contributed by atoms with E-state index in [1.54, 1.807) is 0 Å². The van der Waals surface area contributed by atoms with Gasteiger partial charge in [-0.15, -0.1) is 0 Å². The van der Waals surface area contributed by atoms with E-state index < -0.39 is 28.2 Å². The second kappa shape index (κ2) is 7.59. The van der Waals surface area contributed by atoms with E-state index >= 15 is 0 Å². The van der Waals surface area contributed by atoms with Crippen LogP contribution in [0, 0.1) is 33.3 Å². The molecule has 2 aromatic rings. The minimum atomic E-state index is -1.15. The van der Waals surface area contributed by atoms with Gasteiger partial charge < -0.3 is 10.2 Å². The predicted molar refractivity (Wildman–Crippen MR) is 108 cm³/mol. The number of benzene rings is 1. The molecular formula is C20H20N6O4. The highest BCUT2D eigenvalue weighted by atomic mass is 16.6. The van der Waals surface area contributed by atoms with Crippen molar-refractivity contribution in [3.8, 4) is 6.07 Å². The smallest absolute Gasteiger partial charge is 0.269 e. The maximum atomic E-state index is 13.0. The largest absolute Gasteiger partial charge is 0.342 e. The number of hydrogen-bond donors (Lipinski definition) is 2. The highest BCUT2D eigenvalue weighted by molar-refractivity contribution is 5.98. The van der Waals surface area contributed by atoms with Crippen LogP contribution in [0.4, 0.5) is 17.5 Å². The maximum absolute atomic E-state index is 13.0. The first kappa shape index (κ1) is 19.6. The molecule has 2 N–H and O–H groups in total. The Hall–Kier alpha value is -3.74. The SMILES string of the molecule is CC1CCCN(c2nc3c(c(=O)[nH]2)C(c2ccc([N+](=O)[O-])cc2)C(C#N)C(=O)N3)C1. The number of aromatic nitrogens is 2. The van der Waals surface area contributed by atoms with Crippen molar-refractivity contribution in [2.24, 2.45) is 11.8 Å². The first-order chi connectivity index (χ1) is 14.4. The Bertz CT molecular complexity index is 1100. The van der Waals surface area contributed by atoms with Crippen LogP contribution in [-0.4, -0.2) is 33.9 Å². The first-order valence-corrected chi connectivity index (χ1v) is 9.73. The molecule has 1 saturated heterocycles. The number of non-ortho nitro benzene ring substituents is 1. The molecule has 10 nitrogen and oxygen atoms in total. The molecule has 3 unspecified atom stereocenters. The molecule has 1 aromatic heterocycles. The third-order valence-corrected chi connectivity index (χ3v) is 5.67. The number of rotatable bonds is 3. The number of anilines is 2. The number of carbonyl (C=O) groups excluding carboxylic acids is 1. The molecule has 0 saturated carbocycles. The van der Waals surface area contributed by atoms with E-state index in [0.717, 1.165) is 25.9 Å². The van der Waals surface area contributed by atoms with Gasteiger partial charge in [-0.3, -0.25) is 24.7 Å². The van der Waals surface area contributed by atoms with E-state index in [1.807, 2.05) is 11.0 Å². The van der Waals surface area contributed by atoms with Crippen LogP contribution in [0.25, 0.3) is 0 Å². The van der Waals surface area contributed by atoms with Gasteiger partial charge in [0.25, 0.3) is 11.2 Å². The van der Waals surface area contributed by atoms with Crippen molar-refractivity contribution < 1.29 is 9.72 Å². The van der Waals surface area contributed by atoms with Crippen LogP contribution in [0.15, 0.2) is 29.1 Å². The lowest BCUT2D eigenvalue weighted by atomic mass is 9.79. The summed E-state index contributed by atoms with van der Waals surface area (Å²) >= 11 is 0. The molecule has 10 heteroatoms. The highest BCUT2D eigenvalue weighted by Gasteiger charge is 2.40. The molecule has 2 aliphatic heterocycles. The summed E-state index contributed by atoms with van der Waals surface area (Å²) < 4.78 is 0. The number of nitrogens with one attached hydrogen (secondary N) is 2. The van der Waals surface area contributed by atoms with Gasteiger partial charge in [-0.25, -0.2) is 0 Å². The molecule has 1 aromatic carbocycles. The average Bonchev–Trinajstić information content (AvgIpc) is 2.72. The Morgan fingerprint density at radius 3 is 2.67 bits per heavy atom. The van der Waals surface area contributed by atoms with Crippen molar-refractivity contribution in [1.29, 1.82) is 5.26 Å². The Labute approximate surface area is 171 Å². The number of carbonyl (C=O) groups is 1. The molecule has 154 valence electrons. The third-order valence-electron chi connectivity index (χ3n) is 5.67. The number of nitriles is 1. The fraction of sp³-hybridized carbons (Fsp3) is 0.400.